The molecule has 3 fully saturated rings. The summed E-state index contributed by atoms with van der Waals surface area (Å²) in [5, 5.41) is 6.52. The van der Waals surface area contributed by atoms with Gasteiger partial charge in [0.15, 0.2) is 0 Å². The van der Waals surface area contributed by atoms with Crippen LogP contribution in [0.1, 0.15) is 125 Å². The van der Waals surface area contributed by atoms with Crippen molar-refractivity contribution >= 4 is 6.03 Å². The first-order valence-corrected chi connectivity index (χ1v) is 15.5. The van der Waals surface area contributed by atoms with Crippen molar-refractivity contribution in [1.82, 2.24) is 10.6 Å². The second-order valence-electron chi connectivity index (χ2n) is 14.5. The van der Waals surface area contributed by atoms with Gasteiger partial charge in [-0.15, -0.1) is 0 Å². The Morgan fingerprint density at radius 1 is 0.971 bits per heavy atom. The Morgan fingerprint density at radius 3 is 2.49 bits per heavy atom. The van der Waals surface area contributed by atoms with Crippen LogP contribution in [-0.2, 0) is 0 Å². The molecule has 0 aromatic rings. The highest BCUT2D eigenvalue weighted by Crippen LogP contribution is 2.68. The Bertz CT molecular complexity index is 831. The Kier molecular flexibility index (Phi) is 7.12. The highest BCUT2D eigenvalue weighted by molar-refractivity contribution is 5.78. The second-order valence-corrected chi connectivity index (χ2v) is 14.5. The SMILES string of the molecule is CCCC1NC(=O)NC2=C1C[C@@]1(C)C(CC[C@H]3[C@@H]4CC[C@H]([C@H](C)CCCC(C)C)[C@@]4(C)CC[C@@H]31)C2. The van der Waals surface area contributed by atoms with Gasteiger partial charge in [-0.1, -0.05) is 67.2 Å². The number of carbonyl (C=O) groups excluding carboxylic acids is 1. The molecule has 198 valence electrons. The molecular weight excluding hydrogens is 428 g/mol. The molecule has 1 aliphatic heterocycles. The first-order chi connectivity index (χ1) is 16.7. The first-order valence-electron chi connectivity index (χ1n) is 15.5. The molecule has 3 saturated carbocycles. The van der Waals surface area contributed by atoms with E-state index in [-0.39, 0.29) is 12.1 Å². The lowest BCUT2D eigenvalue weighted by Gasteiger charge is -2.61. The number of nitrogens with one attached hydrogen (secondary N) is 2. The van der Waals surface area contributed by atoms with Gasteiger partial charge in [-0.05, 0) is 116 Å². The van der Waals surface area contributed by atoms with Gasteiger partial charge in [-0.25, -0.2) is 4.79 Å². The molecule has 0 aromatic carbocycles. The zero-order valence-corrected chi connectivity index (χ0v) is 23.7. The zero-order chi connectivity index (χ0) is 25.0. The van der Waals surface area contributed by atoms with E-state index in [2.05, 4.69) is 52.2 Å². The number of carbonyl (C=O) groups is 1. The van der Waals surface area contributed by atoms with E-state index in [0.717, 1.165) is 60.7 Å². The molecular formula is C32H54N2O. The summed E-state index contributed by atoms with van der Waals surface area (Å²) in [4.78, 5) is 12.4. The maximum atomic E-state index is 12.4. The number of rotatable bonds is 7. The Balaban J connectivity index is 1.34. The smallest absolute Gasteiger partial charge is 0.319 e. The second kappa shape index (κ2) is 9.71. The van der Waals surface area contributed by atoms with Crippen molar-refractivity contribution in [2.24, 2.45) is 52.3 Å². The van der Waals surface area contributed by atoms with Crippen LogP contribution in [0.25, 0.3) is 0 Å². The maximum Gasteiger partial charge on any atom is 0.319 e. The molecule has 0 radical (unpaired) electrons. The van der Waals surface area contributed by atoms with Crippen LogP contribution in [0.4, 0.5) is 4.79 Å². The molecule has 2 N–H and O–H groups in total. The van der Waals surface area contributed by atoms with E-state index >= 15 is 0 Å². The highest BCUT2D eigenvalue weighted by Gasteiger charge is 2.61. The molecule has 5 aliphatic rings. The van der Waals surface area contributed by atoms with Crippen LogP contribution in [0.5, 0.6) is 0 Å². The number of fused-ring (bicyclic) bond motifs is 5. The summed E-state index contributed by atoms with van der Waals surface area (Å²) in [7, 11) is 0. The number of urea groups is 1. The fourth-order valence-corrected chi connectivity index (χ4v) is 10.5. The average molecular weight is 483 g/mol. The van der Waals surface area contributed by atoms with Crippen LogP contribution in [0, 0.1) is 52.3 Å². The van der Waals surface area contributed by atoms with Crippen molar-refractivity contribution in [3.8, 4) is 0 Å². The zero-order valence-electron chi connectivity index (χ0n) is 23.7. The third kappa shape index (κ3) is 4.39. The molecule has 5 rings (SSSR count). The van der Waals surface area contributed by atoms with Gasteiger partial charge in [-0.2, -0.15) is 0 Å². The Labute approximate surface area is 216 Å². The van der Waals surface area contributed by atoms with Crippen LogP contribution in [0.15, 0.2) is 11.3 Å². The van der Waals surface area contributed by atoms with E-state index in [4.69, 9.17) is 0 Å². The number of hydrogen-bond donors (Lipinski definition) is 2. The predicted octanol–water partition coefficient (Wildman–Crippen LogP) is 8.45. The molecule has 2 amide bonds. The van der Waals surface area contributed by atoms with Crippen molar-refractivity contribution < 1.29 is 4.79 Å². The molecule has 1 heterocycles. The predicted molar refractivity (Wildman–Crippen MR) is 146 cm³/mol. The summed E-state index contributed by atoms with van der Waals surface area (Å²) in [6, 6.07) is 0.297. The average Bonchev–Trinajstić information content (AvgIpc) is 3.15. The van der Waals surface area contributed by atoms with Crippen molar-refractivity contribution in [1.29, 1.82) is 0 Å². The van der Waals surface area contributed by atoms with Crippen molar-refractivity contribution in [2.75, 3.05) is 0 Å². The largest absolute Gasteiger partial charge is 0.331 e. The topological polar surface area (TPSA) is 41.1 Å². The number of allylic oxidation sites excluding steroid dienone is 1. The van der Waals surface area contributed by atoms with Crippen LogP contribution >= 0.6 is 0 Å². The minimum atomic E-state index is 0.0347. The van der Waals surface area contributed by atoms with Gasteiger partial charge in [0.05, 0.1) is 6.04 Å². The molecule has 35 heavy (non-hydrogen) atoms. The van der Waals surface area contributed by atoms with Gasteiger partial charge < -0.3 is 10.6 Å². The molecule has 2 unspecified atom stereocenters. The van der Waals surface area contributed by atoms with E-state index < -0.39 is 0 Å². The lowest BCUT2D eigenvalue weighted by atomic mass is 9.44. The molecule has 3 heteroatoms. The molecule has 0 bridgehead atoms. The Morgan fingerprint density at radius 2 is 1.74 bits per heavy atom. The molecule has 0 aromatic heterocycles. The normalized spacial score (nSPS) is 43.6. The third-order valence-corrected chi connectivity index (χ3v) is 12.2. The van der Waals surface area contributed by atoms with E-state index in [9.17, 15) is 4.79 Å². The summed E-state index contributed by atoms with van der Waals surface area (Å²) in [6.07, 6.45) is 17.5. The van der Waals surface area contributed by atoms with Crippen molar-refractivity contribution in [3.05, 3.63) is 11.3 Å². The molecule has 0 spiro atoms. The summed E-state index contributed by atoms with van der Waals surface area (Å²) in [5.74, 6) is 6.18. The summed E-state index contributed by atoms with van der Waals surface area (Å²) >= 11 is 0. The maximum absolute atomic E-state index is 12.4. The van der Waals surface area contributed by atoms with Gasteiger partial charge in [-0.3, -0.25) is 0 Å². The monoisotopic (exact) mass is 482 g/mol. The summed E-state index contributed by atoms with van der Waals surface area (Å²) in [6.45, 7) is 15.0. The summed E-state index contributed by atoms with van der Waals surface area (Å²) in [5.41, 5.74) is 3.85. The summed E-state index contributed by atoms with van der Waals surface area (Å²) < 4.78 is 0. The molecule has 9 atom stereocenters. The van der Waals surface area contributed by atoms with E-state index in [1.54, 1.807) is 5.57 Å². The molecule has 4 aliphatic carbocycles. The van der Waals surface area contributed by atoms with Crippen molar-refractivity contribution in [3.63, 3.8) is 0 Å². The quantitative estimate of drug-likeness (QED) is 0.375. The minimum absolute atomic E-state index is 0.0347. The van der Waals surface area contributed by atoms with Crippen LogP contribution < -0.4 is 10.6 Å². The fraction of sp³-hybridized carbons (Fsp3) is 0.906. The van der Waals surface area contributed by atoms with Gasteiger partial charge in [0, 0.05) is 5.70 Å². The third-order valence-electron chi connectivity index (χ3n) is 12.2. The Hall–Kier alpha value is -0.990. The number of amides is 2. The van der Waals surface area contributed by atoms with Crippen LogP contribution in [-0.4, -0.2) is 12.1 Å². The fourth-order valence-electron chi connectivity index (χ4n) is 10.5. The standard InChI is InChI=1S/C32H54N2O/c1-7-9-28-24-19-32(6)22(18-29(24)34-30(35)33-28)12-13-23-26-15-14-25(21(4)11-8-10-20(2)3)31(26,5)17-16-27(23)32/h20-23,25-28H,7-19H2,1-6H3,(H2,33,34,35)/t21-,22?,23+,25-,26+,27+,28?,31-,32+/m1/s1. The van der Waals surface area contributed by atoms with Crippen LogP contribution in [0.3, 0.4) is 0 Å². The van der Waals surface area contributed by atoms with E-state index in [0.29, 0.717) is 10.8 Å². The first kappa shape index (κ1) is 25.7. The lowest BCUT2D eigenvalue weighted by Crippen LogP contribution is -2.57. The van der Waals surface area contributed by atoms with Gasteiger partial charge in [0.1, 0.15) is 0 Å². The van der Waals surface area contributed by atoms with Crippen LogP contribution in [0.2, 0.25) is 0 Å². The van der Waals surface area contributed by atoms with Gasteiger partial charge >= 0.3 is 6.03 Å². The lowest BCUT2D eigenvalue weighted by molar-refractivity contribution is -0.104. The minimum Gasteiger partial charge on any atom is -0.331 e. The van der Waals surface area contributed by atoms with Gasteiger partial charge in [0.2, 0.25) is 0 Å². The molecule has 3 nitrogen and oxygen atoms in total. The van der Waals surface area contributed by atoms with Gasteiger partial charge in [0.25, 0.3) is 0 Å². The molecule has 0 saturated heterocycles. The number of hydrogen-bond acceptors (Lipinski definition) is 1. The van der Waals surface area contributed by atoms with E-state index in [1.807, 2.05) is 0 Å². The highest BCUT2D eigenvalue weighted by atomic mass is 16.2. The van der Waals surface area contributed by atoms with E-state index in [1.165, 1.54) is 69.9 Å². The van der Waals surface area contributed by atoms with Crippen molar-refractivity contribution in [2.45, 2.75) is 131 Å².